The molecule has 1 atom stereocenters. The van der Waals surface area contributed by atoms with Crippen LogP contribution in [-0.4, -0.2) is 67.0 Å². The van der Waals surface area contributed by atoms with Gasteiger partial charge in [0.25, 0.3) is 5.91 Å². The van der Waals surface area contributed by atoms with Crippen molar-refractivity contribution < 1.29 is 18.7 Å². The van der Waals surface area contributed by atoms with Crippen LogP contribution in [0.1, 0.15) is 23.0 Å². The number of hydrogen-bond acceptors (Lipinski definition) is 5. The molecular formula is C21H27N3O4. The summed E-state index contributed by atoms with van der Waals surface area (Å²) in [5.74, 6) is 1.03. The third-order valence-corrected chi connectivity index (χ3v) is 4.92. The summed E-state index contributed by atoms with van der Waals surface area (Å²) in [7, 11) is 0. The van der Waals surface area contributed by atoms with Crippen LogP contribution in [0.2, 0.25) is 0 Å². The number of nitrogens with zero attached hydrogens (tertiary/aromatic N) is 2. The third-order valence-electron chi connectivity index (χ3n) is 4.92. The van der Waals surface area contributed by atoms with Gasteiger partial charge < -0.3 is 19.4 Å². The van der Waals surface area contributed by atoms with Crippen molar-refractivity contribution in [3.8, 4) is 5.75 Å². The van der Waals surface area contributed by atoms with E-state index in [-0.39, 0.29) is 17.9 Å². The summed E-state index contributed by atoms with van der Waals surface area (Å²) < 4.78 is 10.8. The number of hydrogen-bond donors (Lipinski definition) is 1. The van der Waals surface area contributed by atoms with Gasteiger partial charge in [-0.15, -0.1) is 0 Å². The molecule has 2 amide bonds. The standard InChI is InChI=1S/C21H27N3O4/c1-16-5-3-6-18(15-16)27-14-8-22-20(25)17(2)23-9-11-24(12-10-23)21(26)19-7-4-13-28-19/h3-7,13,15,17H,8-12,14H2,1-2H3,(H,22,25). The summed E-state index contributed by atoms with van der Waals surface area (Å²) in [6, 6.07) is 11.0. The van der Waals surface area contributed by atoms with Crippen molar-refractivity contribution in [3.05, 3.63) is 54.0 Å². The first-order valence-electron chi connectivity index (χ1n) is 9.58. The number of furan rings is 1. The molecule has 1 aliphatic heterocycles. The average molecular weight is 385 g/mol. The Hall–Kier alpha value is -2.80. The normalized spacial score (nSPS) is 15.9. The molecule has 7 heteroatoms. The van der Waals surface area contributed by atoms with Gasteiger partial charge in [-0.2, -0.15) is 0 Å². The number of carbonyl (C=O) groups excluding carboxylic acids is 2. The maximum atomic E-state index is 12.4. The first-order valence-corrected chi connectivity index (χ1v) is 9.58. The molecule has 150 valence electrons. The Morgan fingerprint density at radius 2 is 1.96 bits per heavy atom. The van der Waals surface area contributed by atoms with Gasteiger partial charge in [-0.25, -0.2) is 0 Å². The van der Waals surface area contributed by atoms with Crippen LogP contribution in [0.5, 0.6) is 5.75 Å². The van der Waals surface area contributed by atoms with Crippen molar-refractivity contribution in [1.29, 1.82) is 0 Å². The van der Waals surface area contributed by atoms with Crippen molar-refractivity contribution in [2.75, 3.05) is 39.3 Å². The monoisotopic (exact) mass is 385 g/mol. The van der Waals surface area contributed by atoms with E-state index in [1.54, 1.807) is 17.0 Å². The highest BCUT2D eigenvalue weighted by atomic mass is 16.5. The SMILES string of the molecule is Cc1cccc(OCCNC(=O)C(C)N2CCN(C(=O)c3ccco3)CC2)c1. The van der Waals surface area contributed by atoms with Gasteiger partial charge in [0.05, 0.1) is 18.8 Å². The minimum Gasteiger partial charge on any atom is -0.492 e. The summed E-state index contributed by atoms with van der Waals surface area (Å²) in [6.45, 7) is 7.24. The Labute approximate surface area is 165 Å². The number of benzene rings is 1. The summed E-state index contributed by atoms with van der Waals surface area (Å²) >= 11 is 0. The molecule has 0 bridgehead atoms. The Morgan fingerprint density at radius 1 is 1.18 bits per heavy atom. The molecule has 0 spiro atoms. The predicted molar refractivity (Wildman–Crippen MR) is 105 cm³/mol. The average Bonchev–Trinajstić information content (AvgIpc) is 3.25. The van der Waals surface area contributed by atoms with E-state index in [4.69, 9.17) is 9.15 Å². The van der Waals surface area contributed by atoms with Crippen LogP contribution in [0.4, 0.5) is 0 Å². The molecule has 1 aromatic carbocycles. The molecule has 1 unspecified atom stereocenters. The van der Waals surface area contributed by atoms with E-state index in [0.29, 0.717) is 45.1 Å². The molecule has 1 saturated heterocycles. The fourth-order valence-corrected chi connectivity index (χ4v) is 3.23. The Bertz CT molecular complexity index is 783. The van der Waals surface area contributed by atoms with Crippen LogP contribution in [0, 0.1) is 6.92 Å². The van der Waals surface area contributed by atoms with E-state index in [0.717, 1.165) is 11.3 Å². The number of piperazine rings is 1. The first-order chi connectivity index (χ1) is 13.5. The number of nitrogens with one attached hydrogen (secondary N) is 1. The zero-order chi connectivity index (χ0) is 19.9. The van der Waals surface area contributed by atoms with Crippen molar-refractivity contribution in [3.63, 3.8) is 0 Å². The van der Waals surface area contributed by atoms with Gasteiger partial charge in [-0.05, 0) is 43.7 Å². The van der Waals surface area contributed by atoms with Crippen molar-refractivity contribution in [2.24, 2.45) is 0 Å². The van der Waals surface area contributed by atoms with Crippen LogP contribution < -0.4 is 10.1 Å². The number of aryl methyl sites for hydroxylation is 1. The maximum Gasteiger partial charge on any atom is 0.289 e. The highest BCUT2D eigenvalue weighted by Crippen LogP contribution is 2.13. The lowest BCUT2D eigenvalue weighted by atomic mass is 10.2. The molecule has 2 heterocycles. The largest absolute Gasteiger partial charge is 0.492 e. The lowest BCUT2D eigenvalue weighted by molar-refractivity contribution is -0.126. The van der Waals surface area contributed by atoms with Gasteiger partial charge in [-0.1, -0.05) is 12.1 Å². The van der Waals surface area contributed by atoms with Crippen LogP contribution in [0.25, 0.3) is 0 Å². The molecule has 1 N–H and O–H groups in total. The van der Waals surface area contributed by atoms with E-state index in [9.17, 15) is 9.59 Å². The van der Waals surface area contributed by atoms with Crippen LogP contribution in [0.3, 0.4) is 0 Å². The van der Waals surface area contributed by atoms with E-state index in [2.05, 4.69) is 10.2 Å². The highest BCUT2D eigenvalue weighted by molar-refractivity contribution is 5.91. The molecule has 1 fully saturated rings. The van der Waals surface area contributed by atoms with Gasteiger partial charge >= 0.3 is 0 Å². The third kappa shape index (κ3) is 5.13. The van der Waals surface area contributed by atoms with Gasteiger partial charge in [0.15, 0.2) is 5.76 Å². The van der Waals surface area contributed by atoms with Gasteiger partial charge in [0.2, 0.25) is 5.91 Å². The minimum atomic E-state index is -0.250. The minimum absolute atomic E-state index is 0.0290. The lowest BCUT2D eigenvalue weighted by Crippen LogP contribution is -2.55. The van der Waals surface area contributed by atoms with E-state index in [1.165, 1.54) is 6.26 Å². The van der Waals surface area contributed by atoms with Crippen LogP contribution in [0.15, 0.2) is 47.1 Å². The van der Waals surface area contributed by atoms with Crippen molar-refractivity contribution >= 4 is 11.8 Å². The van der Waals surface area contributed by atoms with Crippen LogP contribution >= 0.6 is 0 Å². The van der Waals surface area contributed by atoms with E-state index < -0.39 is 0 Å². The molecule has 1 aromatic heterocycles. The number of rotatable bonds is 7. The molecule has 0 aliphatic carbocycles. The van der Waals surface area contributed by atoms with E-state index in [1.807, 2.05) is 38.1 Å². The number of carbonyl (C=O) groups is 2. The van der Waals surface area contributed by atoms with Gasteiger partial charge in [-0.3, -0.25) is 14.5 Å². The molecule has 7 nitrogen and oxygen atoms in total. The van der Waals surface area contributed by atoms with Gasteiger partial charge in [0.1, 0.15) is 12.4 Å². The predicted octanol–water partition coefficient (Wildman–Crippen LogP) is 1.93. The second kappa shape index (κ2) is 9.41. The van der Waals surface area contributed by atoms with Gasteiger partial charge in [0, 0.05) is 26.2 Å². The Morgan fingerprint density at radius 3 is 2.64 bits per heavy atom. The molecule has 3 rings (SSSR count). The summed E-state index contributed by atoms with van der Waals surface area (Å²) in [5, 5.41) is 2.92. The number of ether oxygens (including phenoxy) is 1. The van der Waals surface area contributed by atoms with Crippen molar-refractivity contribution in [1.82, 2.24) is 15.1 Å². The smallest absolute Gasteiger partial charge is 0.289 e. The van der Waals surface area contributed by atoms with Crippen LogP contribution in [-0.2, 0) is 4.79 Å². The lowest BCUT2D eigenvalue weighted by Gasteiger charge is -2.37. The fraction of sp³-hybridized carbons (Fsp3) is 0.429. The maximum absolute atomic E-state index is 12.4. The highest BCUT2D eigenvalue weighted by Gasteiger charge is 2.28. The quantitative estimate of drug-likeness (QED) is 0.737. The summed E-state index contributed by atoms with van der Waals surface area (Å²) in [6.07, 6.45) is 1.50. The molecule has 2 aromatic rings. The zero-order valence-corrected chi connectivity index (χ0v) is 16.4. The summed E-state index contributed by atoms with van der Waals surface area (Å²) in [5.41, 5.74) is 1.14. The second-order valence-electron chi connectivity index (χ2n) is 6.94. The molecule has 0 saturated carbocycles. The zero-order valence-electron chi connectivity index (χ0n) is 16.4. The number of amides is 2. The molecule has 28 heavy (non-hydrogen) atoms. The fourth-order valence-electron chi connectivity index (χ4n) is 3.23. The Balaban J connectivity index is 1.37. The Kier molecular flexibility index (Phi) is 6.71. The van der Waals surface area contributed by atoms with E-state index >= 15 is 0 Å². The van der Waals surface area contributed by atoms with Crippen molar-refractivity contribution in [2.45, 2.75) is 19.9 Å². The topological polar surface area (TPSA) is 75.0 Å². The first kappa shape index (κ1) is 19.9. The molecule has 0 radical (unpaired) electrons. The summed E-state index contributed by atoms with van der Waals surface area (Å²) in [4.78, 5) is 28.6. The molecule has 1 aliphatic rings. The molecular weight excluding hydrogens is 358 g/mol. The second-order valence-corrected chi connectivity index (χ2v) is 6.94.